The van der Waals surface area contributed by atoms with Crippen LogP contribution in [0.1, 0.15) is 17.2 Å². The number of amides is 1. The van der Waals surface area contributed by atoms with Crippen molar-refractivity contribution in [2.75, 3.05) is 5.43 Å². The second-order valence-electron chi connectivity index (χ2n) is 6.57. The number of alkyl halides is 12. The highest BCUT2D eigenvalue weighted by Crippen LogP contribution is 2.17. The topological polar surface area (TPSA) is 190 Å². The van der Waals surface area contributed by atoms with Gasteiger partial charge in [-0.05, 0) is 26.8 Å². The van der Waals surface area contributed by atoms with E-state index >= 15 is 0 Å². The van der Waals surface area contributed by atoms with Gasteiger partial charge in [0, 0.05) is 5.69 Å². The lowest BCUT2D eigenvalue weighted by Crippen LogP contribution is -2.36. The molecule has 0 bridgehead atoms. The number of aliphatic carboxylic acids is 3. The molecule has 0 saturated heterocycles. The zero-order chi connectivity index (χ0) is 33.3. The van der Waals surface area contributed by atoms with Gasteiger partial charge in [0.1, 0.15) is 0 Å². The summed E-state index contributed by atoms with van der Waals surface area (Å²) in [6.07, 6.45) is -20.2. The van der Waals surface area contributed by atoms with E-state index < -0.39 is 48.5 Å². The minimum absolute atomic E-state index is 0.0225. The SMILES string of the molecule is Cc1cc(C)n(-c2nnc(C)n2NC(=O)C(F)(F)F)n1.O=C(O)C(F)(F)F.O=C(O)C(F)(F)F.O=C(O)C(F)(F)F. The highest BCUT2D eigenvalue weighted by Gasteiger charge is 2.40. The quantitative estimate of drug-likeness (QED) is 0.359. The molecule has 0 spiro atoms. The molecule has 2 aromatic rings. The van der Waals surface area contributed by atoms with Crippen LogP contribution in [-0.2, 0) is 19.2 Å². The van der Waals surface area contributed by atoms with Crippen LogP contribution in [0.5, 0.6) is 0 Å². The lowest BCUT2D eigenvalue weighted by Gasteiger charge is -2.12. The van der Waals surface area contributed by atoms with Crippen LogP contribution in [0.25, 0.3) is 5.95 Å². The van der Waals surface area contributed by atoms with E-state index in [2.05, 4.69) is 15.3 Å². The Kier molecular flexibility index (Phi) is 13.3. The van der Waals surface area contributed by atoms with E-state index in [4.69, 9.17) is 29.7 Å². The van der Waals surface area contributed by atoms with Crippen molar-refractivity contribution in [2.45, 2.75) is 45.5 Å². The van der Waals surface area contributed by atoms with Gasteiger partial charge < -0.3 is 15.3 Å². The van der Waals surface area contributed by atoms with E-state index in [9.17, 15) is 57.5 Å². The first-order valence-corrected chi connectivity index (χ1v) is 9.27. The summed E-state index contributed by atoms with van der Waals surface area (Å²) in [6.45, 7) is 4.85. The lowest BCUT2D eigenvalue weighted by atomic mass is 10.4. The van der Waals surface area contributed by atoms with Gasteiger partial charge in [0.15, 0.2) is 5.82 Å². The third-order valence-electron chi connectivity index (χ3n) is 3.21. The van der Waals surface area contributed by atoms with Crippen molar-refractivity contribution in [2.24, 2.45) is 0 Å². The van der Waals surface area contributed by atoms with Gasteiger partial charge in [0.25, 0.3) is 5.95 Å². The Hall–Kier alpha value is -4.61. The third-order valence-corrected chi connectivity index (χ3v) is 3.21. The number of rotatable bonds is 2. The number of carbonyl (C=O) groups is 4. The first kappa shape index (κ1) is 38.5. The molecule has 2 aromatic heterocycles. The van der Waals surface area contributed by atoms with Crippen molar-refractivity contribution in [3.05, 3.63) is 23.3 Å². The second kappa shape index (κ2) is 14.1. The smallest absolute Gasteiger partial charge is 0.475 e. The summed E-state index contributed by atoms with van der Waals surface area (Å²) < 4.78 is 134. The van der Waals surface area contributed by atoms with Crippen molar-refractivity contribution in [3.63, 3.8) is 0 Å². The summed E-state index contributed by atoms with van der Waals surface area (Å²) in [7, 11) is 0. The molecule has 234 valence electrons. The monoisotopic (exact) mass is 630 g/mol. The van der Waals surface area contributed by atoms with Crippen molar-refractivity contribution in [3.8, 4) is 5.95 Å². The Balaban J connectivity index is 0. The maximum absolute atomic E-state index is 12.3. The molecule has 0 fully saturated rings. The second-order valence-corrected chi connectivity index (χ2v) is 6.57. The predicted molar refractivity (Wildman–Crippen MR) is 103 cm³/mol. The van der Waals surface area contributed by atoms with Gasteiger partial charge in [0.2, 0.25) is 0 Å². The van der Waals surface area contributed by atoms with E-state index in [1.807, 2.05) is 0 Å². The summed E-state index contributed by atoms with van der Waals surface area (Å²) in [6, 6.07) is 1.72. The van der Waals surface area contributed by atoms with Crippen LogP contribution >= 0.6 is 0 Å². The molecule has 0 unspecified atom stereocenters. The van der Waals surface area contributed by atoms with Gasteiger partial charge in [-0.15, -0.1) is 10.2 Å². The molecule has 0 aliphatic heterocycles. The van der Waals surface area contributed by atoms with Crippen LogP contribution in [0.3, 0.4) is 0 Å². The minimum Gasteiger partial charge on any atom is -0.475 e. The van der Waals surface area contributed by atoms with Crippen molar-refractivity contribution >= 4 is 23.8 Å². The molecular weight excluding hydrogens is 616 g/mol. The van der Waals surface area contributed by atoms with Crippen LogP contribution < -0.4 is 5.43 Å². The number of carbonyl (C=O) groups excluding carboxylic acids is 1. The summed E-state index contributed by atoms with van der Waals surface area (Å²) in [5.74, 6) is -10.3. The molecule has 1 amide bonds. The van der Waals surface area contributed by atoms with Crippen LogP contribution in [0.15, 0.2) is 6.07 Å². The normalized spacial score (nSPS) is 11.5. The number of hydrogen-bond acceptors (Lipinski definition) is 7. The van der Waals surface area contributed by atoms with E-state index in [0.717, 1.165) is 4.68 Å². The number of nitrogens with zero attached hydrogens (tertiary/aromatic N) is 5. The summed E-state index contributed by atoms with van der Waals surface area (Å²) in [5, 5.41) is 32.8. The van der Waals surface area contributed by atoms with Gasteiger partial charge >= 0.3 is 48.5 Å². The van der Waals surface area contributed by atoms with Gasteiger partial charge in [0.05, 0.1) is 5.69 Å². The Morgan fingerprint density at radius 2 is 1.02 bits per heavy atom. The molecule has 0 atom stereocenters. The summed E-state index contributed by atoms with van der Waals surface area (Å²) in [5.41, 5.74) is 3.01. The zero-order valence-corrected chi connectivity index (χ0v) is 19.8. The molecular formula is C16H14F12N6O7. The number of carboxylic acids is 3. The van der Waals surface area contributed by atoms with Gasteiger partial charge in [-0.3, -0.25) is 10.2 Å². The van der Waals surface area contributed by atoms with Crippen LogP contribution in [0.4, 0.5) is 52.7 Å². The van der Waals surface area contributed by atoms with Crippen LogP contribution in [0.2, 0.25) is 0 Å². The molecule has 0 aliphatic carbocycles. The number of aromatic nitrogens is 5. The zero-order valence-electron chi connectivity index (χ0n) is 19.8. The molecule has 25 heteroatoms. The van der Waals surface area contributed by atoms with E-state index in [1.54, 1.807) is 25.3 Å². The Labute approximate surface area is 216 Å². The highest BCUT2D eigenvalue weighted by molar-refractivity contribution is 5.89. The van der Waals surface area contributed by atoms with E-state index in [1.165, 1.54) is 11.6 Å². The first-order chi connectivity index (χ1) is 18.0. The molecule has 4 N–H and O–H groups in total. The first-order valence-electron chi connectivity index (χ1n) is 9.27. The fraction of sp³-hybridized carbons (Fsp3) is 0.438. The highest BCUT2D eigenvalue weighted by atomic mass is 19.4. The molecule has 2 rings (SSSR count). The fourth-order valence-corrected chi connectivity index (χ4v) is 1.62. The molecule has 0 aromatic carbocycles. The van der Waals surface area contributed by atoms with Gasteiger partial charge in [-0.25, -0.2) is 23.7 Å². The number of aryl methyl sites for hydroxylation is 3. The molecule has 41 heavy (non-hydrogen) atoms. The Morgan fingerprint density at radius 1 is 0.683 bits per heavy atom. The minimum atomic E-state index is -5.08. The number of carboxylic acid groups (broad SMARTS) is 3. The average Bonchev–Trinajstić information content (AvgIpc) is 3.27. The molecule has 13 nitrogen and oxygen atoms in total. The number of halogens is 12. The molecule has 0 radical (unpaired) electrons. The average molecular weight is 630 g/mol. The van der Waals surface area contributed by atoms with Crippen molar-refractivity contribution in [1.82, 2.24) is 24.7 Å². The van der Waals surface area contributed by atoms with E-state index in [0.29, 0.717) is 11.4 Å². The van der Waals surface area contributed by atoms with Crippen LogP contribution in [-0.4, -0.2) is 88.5 Å². The Bertz CT molecular complexity index is 1160. The molecule has 0 aliphatic rings. The standard InChI is InChI=1S/C10H11F3N6O.3C2HF3O2/c1-5-4-6(2)18(16-5)9-15-14-7(3)19(9)17-8(20)10(11,12)13;3*3-2(4,5)1(6)7/h4H,1-3H3,(H,17,20);3*(H,6,7). The third kappa shape index (κ3) is 14.4. The predicted octanol–water partition coefficient (Wildman–Crippen LogP) is 2.92. The number of hydrogen-bond donors (Lipinski definition) is 4. The maximum atomic E-state index is 12.3. The lowest BCUT2D eigenvalue weighted by molar-refractivity contribution is -0.193. The number of nitrogens with one attached hydrogen (secondary N) is 1. The largest absolute Gasteiger partial charge is 0.490 e. The molecule has 0 saturated carbocycles. The Morgan fingerprint density at radius 3 is 1.27 bits per heavy atom. The summed E-state index contributed by atoms with van der Waals surface area (Å²) in [4.78, 5) is 37.7. The van der Waals surface area contributed by atoms with Crippen molar-refractivity contribution in [1.29, 1.82) is 0 Å². The van der Waals surface area contributed by atoms with Crippen molar-refractivity contribution < 1.29 is 87.2 Å². The summed E-state index contributed by atoms with van der Waals surface area (Å²) >= 11 is 0. The molecule has 2 heterocycles. The maximum Gasteiger partial charge on any atom is 0.490 e. The van der Waals surface area contributed by atoms with Gasteiger partial charge in [-0.1, -0.05) is 0 Å². The van der Waals surface area contributed by atoms with Gasteiger partial charge in [-0.2, -0.15) is 57.8 Å². The van der Waals surface area contributed by atoms with E-state index in [-0.39, 0.29) is 11.8 Å². The van der Waals surface area contributed by atoms with Crippen LogP contribution in [0, 0.1) is 20.8 Å². The fourth-order valence-electron chi connectivity index (χ4n) is 1.62.